The topological polar surface area (TPSA) is 90.1 Å². The van der Waals surface area contributed by atoms with E-state index in [-0.39, 0.29) is 11.3 Å². The SMILES string of the molecule is CN1CCn2ncc(-c3cc4c(cc3F)OCCCCn3ccnc3-c3cccc(n3)NC4=O)c2C1. The molecule has 1 N–H and O–H groups in total. The van der Waals surface area contributed by atoms with Crippen LogP contribution in [0.25, 0.3) is 22.6 Å². The summed E-state index contributed by atoms with van der Waals surface area (Å²) in [6.07, 6.45) is 6.90. The van der Waals surface area contributed by atoms with Gasteiger partial charge in [-0.3, -0.25) is 14.4 Å². The third kappa shape index (κ3) is 4.13. The number of hydrogen-bond donors (Lipinski definition) is 1. The summed E-state index contributed by atoms with van der Waals surface area (Å²) in [6.45, 7) is 3.38. The lowest BCUT2D eigenvalue weighted by Gasteiger charge is -2.24. The average Bonchev–Trinajstić information content (AvgIpc) is 3.50. The Bertz CT molecular complexity index is 1440. The lowest BCUT2D eigenvalue weighted by Crippen LogP contribution is -2.30. The van der Waals surface area contributed by atoms with E-state index in [1.165, 1.54) is 6.07 Å². The van der Waals surface area contributed by atoms with Crippen molar-refractivity contribution in [2.75, 3.05) is 25.5 Å². The summed E-state index contributed by atoms with van der Waals surface area (Å²) in [5.41, 5.74) is 2.85. The van der Waals surface area contributed by atoms with Crippen LogP contribution < -0.4 is 10.1 Å². The number of halogens is 1. The molecule has 1 amide bonds. The number of imidazole rings is 1. The van der Waals surface area contributed by atoms with E-state index < -0.39 is 11.7 Å². The van der Waals surface area contributed by atoms with Gasteiger partial charge in [0.25, 0.3) is 5.91 Å². The summed E-state index contributed by atoms with van der Waals surface area (Å²) in [7, 11) is 2.02. The number of fused-ring (bicyclic) bond motifs is 6. The molecule has 1 aromatic carbocycles. The molecule has 2 aliphatic rings. The first-order chi connectivity index (χ1) is 17.6. The molecule has 0 spiro atoms. The minimum atomic E-state index is -0.449. The van der Waals surface area contributed by atoms with Crippen molar-refractivity contribution in [3.05, 3.63) is 66.0 Å². The van der Waals surface area contributed by atoms with Gasteiger partial charge in [0.15, 0.2) is 5.82 Å². The number of anilines is 1. The van der Waals surface area contributed by atoms with Gasteiger partial charge in [0.05, 0.1) is 30.6 Å². The Morgan fingerprint density at radius 2 is 2.00 bits per heavy atom. The molecule has 184 valence electrons. The maximum atomic E-state index is 15.4. The second-order valence-corrected chi connectivity index (χ2v) is 9.16. The zero-order valence-corrected chi connectivity index (χ0v) is 19.9. The highest BCUT2D eigenvalue weighted by Crippen LogP contribution is 2.34. The fraction of sp³-hybridized carbons (Fsp3) is 0.308. The Hall–Kier alpha value is -4.05. The van der Waals surface area contributed by atoms with Gasteiger partial charge >= 0.3 is 0 Å². The van der Waals surface area contributed by atoms with Crippen LogP contribution >= 0.6 is 0 Å². The van der Waals surface area contributed by atoms with Crippen molar-refractivity contribution in [1.82, 2.24) is 29.2 Å². The standard InChI is InChI=1S/C26H26FN7O2/c1-32-10-11-34-22(16-32)19(15-29-34)17-13-18-23(14-20(17)27)36-12-3-2-8-33-9-7-28-25(33)21-5-4-6-24(30-21)31-26(18)35/h4-7,9,13-15H,2-3,8,10-12,16H2,1H3,(H,30,31,35). The number of aromatic nitrogens is 5. The average molecular weight is 488 g/mol. The number of ether oxygens (including phenoxy) is 1. The summed E-state index contributed by atoms with van der Waals surface area (Å²) in [5, 5.41) is 7.30. The molecule has 4 aromatic rings. The number of aryl methyl sites for hydroxylation is 1. The Balaban J connectivity index is 1.41. The van der Waals surface area contributed by atoms with Crippen molar-refractivity contribution in [1.29, 1.82) is 0 Å². The third-order valence-corrected chi connectivity index (χ3v) is 6.65. The number of rotatable bonds is 1. The van der Waals surface area contributed by atoms with Gasteiger partial charge in [0.1, 0.15) is 23.1 Å². The van der Waals surface area contributed by atoms with Crippen molar-refractivity contribution in [2.45, 2.75) is 32.5 Å². The van der Waals surface area contributed by atoms with Gasteiger partial charge in [0.2, 0.25) is 0 Å². The van der Waals surface area contributed by atoms with Gasteiger partial charge in [-0.05, 0) is 38.1 Å². The number of hydrogen-bond acceptors (Lipinski definition) is 6. The van der Waals surface area contributed by atoms with Gasteiger partial charge in [-0.2, -0.15) is 5.10 Å². The molecule has 0 saturated carbocycles. The zero-order valence-electron chi connectivity index (χ0n) is 19.9. The summed E-state index contributed by atoms with van der Waals surface area (Å²) < 4.78 is 25.3. The predicted molar refractivity (Wildman–Crippen MR) is 132 cm³/mol. The quantitative estimate of drug-likeness (QED) is 0.439. The molecule has 9 nitrogen and oxygen atoms in total. The molecule has 3 aromatic heterocycles. The Morgan fingerprint density at radius 1 is 1.08 bits per heavy atom. The second-order valence-electron chi connectivity index (χ2n) is 9.16. The smallest absolute Gasteiger partial charge is 0.260 e. The second kappa shape index (κ2) is 9.19. The minimum absolute atomic E-state index is 0.212. The number of nitrogens with zero attached hydrogens (tertiary/aromatic N) is 6. The largest absolute Gasteiger partial charge is 0.493 e. The van der Waals surface area contributed by atoms with Crippen molar-refractivity contribution in [3.8, 4) is 28.4 Å². The van der Waals surface area contributed by atoms with Crippen molar-refractivity contribution < 1.29 is 13.9 Å². The fourth-order valence-corrected chi connectivity index (χ4v) is 4.76. The van der Waals surface area contributed by atoms with E-state index in [2.05, 4.69) is 25.3 Å². The highest BCUT2D eigenvalue weighted by molar-refractivity contribution is 6.06. The maximum Gasteiger partial charge on any atom is 0.260 e. The van der Waals surface area contributed by atoms with E-state index in [1.54, 1.807) is 24.5 Å². The van der Waals surface area contributed by atoms with Gasteiger partial charge in [-0.15, -0.1) is 0 Å². The van der Waals surface area contributed by atoms with Crippen LogP contribution in [-0.4, -0.2) is 55.3 Å². The van der Waals surface area contributed by atoms with Crippen molar-refractivity contribution >= 4 is 11.7 Å². The molecular formula is C26H26FN7O2. The molecule has 2 bridgehead atoms. The number of nitrogens with one attached hydrogen (secondary N) is 1. The summed E-state index contributed by atoms with van der Waals surface area (Å²) in [6, 6.07) is 8.28. The van der Waals surface area contributed by atoms with E-state index in [1.807, 2.05) is 34.6 Å². The van der Waals surface area contributed by atoms with Crippen LogP contribution in [0.2, 0.25) is 0 Å². The molecule has 10 heteroatoms. The maximum absolute atomic E-state index is 15.4. The fourth-order valence-electron chi connectivity index (χ4n) is 4.76. The monoisotopic (exact) mass is 487 g/mol. The molecule has 6 rings (SSSR count). The van der Waals surface area contributed by atoms with Gasteiger partial charge < -0.3 is 14.6 Å². The number of amides is 1. The van der Waals surface area contributed by atoms with Gasteiger partial charge in [-0.25, -0.2) is 14.4 Å². The summed E-state index contributed by atoms with van der Waals surface area (Å²) in [5.74, 6) is 0.461. The van der Waals surface area contributed by atoms with E-state index in [4.69, 9.17) is 4.74 Å². The molecule has 0 saturated heterocycles. The zero-order chi connectivity index (χ0) is 24.6. The van der Waals surface area contributed by atoms with Crippen LogP contribution in [0.15, 0.2) is 48.9 Å². The third-order valence-electron chi connectivity index (χ3n) is 6.65. The van der Waals surface area contributed by atoms with Crippen LogP contribution in [0.5, 0.6) is 5.75 Å². The Kier molecular flexibility index (Phi) is 5.73. The van der Waals surface area contributed by atoms with Gasteiger partial charge in [0, 0.05) is 49.2 Å². The van der Waals surface area contributed by atoms with Crippen LogP contribution in [0.3, 0.4) is 0 Å². The number of benzene rings is 1. The van der Waals surface area contributed by atoms with Crippen molar-refractivity contribution in [2.24, 2.45) is 0 Å². The molecule has 2 aliphatic heterocycles. The summed E-state index contributed by atoms with van der Waals surface area (Å²) in [4.78, 5) is 24.7. The minimum Gasteiger partial charge on any atom is -0.493 e. The summed E-state index contributed by atoms with van der Waals surface area (Å²) >= 11 is 0. The first-order valence-corrected chi connectivity index (χ1v) is 12.1. The Labute approximate surface area is 207 Å². The first-order valence-electron chi connectivity index (χ1n) is 12.1. The van der Waals surface area contributed by atoms with Gasteiger partial charge in [-0.1, -0.05) is 6.07 Å². The normalized spacial score (nSPS) is 16.2. The molecule has 0 unspecified atom stereocenters. The number of likely N-dealkylation sites (N-methyl/N-ethyl adjacent to an activating group) is 1. The molecule has 5 heterocycles. The highest BCUT2D eigenvalue weighted by atomic mass is 19.1. The number of pyridine rings is 1. The number of carbonyl (C=O) groups excluding carboxylic acids is 1. The molecule has 0 fully saturated rings. The van der Waals surface area contributed by atoms with Crippen molar-refractivity contribution in [3.63, 3.8) is 0 Å². The highest BCUT2D eigenvalue weighted by Gasteiger charge is 2.24. The Morgan fingerprint density at radius 3 is 2.92 bits per heavy atom. The number of carbonyl (C=O) groups is 1. The molecule has 36 heavy (non-hydrogen) atoms. The molecule has 0 radical (unpaired) electrons. The lowest BCUT2D eigenvalue weighted by molar-refractivity contribution is 0.102. The molecular weight excluding hydrogens is 461 g/mol. The van der Waals surface area contributed by atoms with Crippen LogP contribution in [0.4, 0.5) is 10.2 Å². The predicted octanol–water partition coefficient (Wildman–Crippen LogP) is 3.82. The molecule has 0 aliphatic carbocycles. The first kappa shape index (κ1) is 22.4. The van der Waals surface area contributed by atoms with Crippen LogP contribution in [0.1, 0.15) is 28.9 Å². The van der Waals surface area contributed by atoms with E-state index >= 15 is 4.39 Å². The van der Waals surface area contributed by atoms with Crippen LogP contribution in [-0.2, 0) is 19.6 Å². The van der Waals surface area contributed by atoms with E-state index in [9.17, 15) is 4.79 Å². The lowest BCUT2D eigenvalue weighted by atomic mass is 10.0. The molecule has 0 atom stereocenters. The van der Waals surface area contributed by atoms with E-state index in [0.717, 1.165) is 44.0 Å². The van der Waals surface area contributed by atoms with Crippen LogP contribution in [0, 0.1) is 5.82 Å². The van der Waals surface area contributed by atoms with E-state index in [0.29, 0.717) is 35.8 Å².